The fraction of sp³-hybridized carbons (Fsp3) is 0.636. The van der Waals surface area contributed by atoms with Crippen molar-refractivity contribution >= 4 is 23.9 Å². The highest BCUT2D eigenvalue weighted by atomic mass is 16.4. The number of likely N-dealkylation sites (tertiary alicyclic amines) is 1. The summed E-state index contributed by atoms with van der Waals surface area (Å²) < 4.78 is 0. The number of carbonyl (C=O) groups excluding carboxylic acids is 2. The fourth-order valence-electron chi connectivity index (χ4n) is 2.04. The van der Waals surface area contributed by atoms with Crippen LogP contribution in [0.3, 0.4) is 0 Å². The lowest BCUT2D eigenvalue weighted by Crippen LogP contribution is -2.48. The van der Waals surface area contributed by atoms with Crippen molar-refractivity contribution < 1.29 is 29.4 Å². The number of amides is 3. The molecule has 1 saturated heterocycles. The van der Waals surface area contributed by atoms with Gasteiger partial charge in [0.25, 0.3) is 0 Å². The van der Waals surface area contributed by atoms with E-state index in [1.165, 1.54) is 4.90 Å². The normalized spacial score (nSPS) is 21.6. The van der Waals surface area contributed by atoms with Crippen molar-refractivity contribution in [1.29, 1.82) is 0 Å². The highest BCUT2D eigenvalue weighted by molar-refractivity contribution is 5.86. The van der Waals surface area contributed by atoms with Gasteiger partial charge in [-0.3, -0.25) is 14.4 Å². The van der Waals surface area contributed by atoms with Gasteiger partial charge in [-0.1, -0.05) is 0 Å². The zero-order valence-corrected chi connectivity index (χ0v) is 11.0. The molecule has 1 heterocycles. The number of urea groups is 1. The average molecular weight is 287 g/mol. The molecule has 0 aromatic carbocycles. The third-order valence-corrected chi connectivity index (χ3v) is 3.26. The Bertz CT molecular complexity index is 435. The highest BCUT2D eigenvalue weighted by Crippen LogP contribution is 2.29. The van der Waals surface area contributed by atoms with E-state index in [2.05, 4.69) is 0 Å². The highest BCUT2D eigenvalue weighted by Gasteiger charge is 2.42. The second-order valence-electron chi connectivity index (χ2n) is 5.02. The molecule has 9 nitrogen and oxygen atoms in total. The molecule has 112 valence electrons. The largest absolute Gasteiger partial charge is 0.480 e. The smallest absolute Gasteiger partial charge is 0.323 e. The first-order chi connectivity index (χ1) is 9.15. The zero-order chi connectivity index (χ0) is 15.5. The Hall–Kier alpha value is -2.32. The number of hydrogen-bond donors (Lipinski definition) is 3. The number of aliphatic carboxylic acids is 2. The van der Waals surface area contributed by atoms with E-state index in [4.69, 9.17) is 15.9 Å². The van der Waals surface area contributed by atoms with E-state index in [0.717, 1.165) is 0 Å². The van der Waals surface area contributed by atoms with Gasteiger partial charge in [-0.2, -0.15) is 0 Å². The number of nitrogens with two attached hydrogens (primary N) is 1. The van der Waals surface area contributed by atoms with Crippen molar-refractivity contribution in [1.82, 2.24) is 9.80 Å². The van der Waals surface area contributed by atoms with Crippen LogP contribution in [0.1, 0.15) is 13.3 Å². The predicted octanol–water partition coefficient (Wildman–Crippen LogP) is -1.23. The Morgan fingerprint density at radius 1 is 1.20 bits per heavy atom. The molecule has 1 fully saturated rings. The van der Waals surface area contributed by atoms with E-state index in [9.17, 15) is 19.2 Å². The fourth-order valence-corrected chi connectivity index (χ4v) is 2.04. The van der Waals surface area contributed by atoms with Crippen LogP contribution < -0.4 is 5.73 Å². The average Bonchev–Trinajstić information content (AvgIpc) is 2.70. The number of primary amides is 1. The standard InChI is InChI=1S/C11H17N3O6/c1-11(9(12)19)2-3-13(6-11)10(20)14(4-7(15)16)5-8(17)18/h2-6H2,1H3,(H2,12,19)(H,15,16)(H,17,18). The summed E-state index contributed by atoms with van der Waals surface area (Å²) in [5.41, 5.74) is 4.39. The molecule has 3 amide bonds. The van der Waals surface area contributed by atoms with E-state index < -0.39 is 42.4 Å². The molecule has 4 N–H and O–H groups in total. The summed E-state index contributed by atoms with van der Waals surface area (Å²) in [7, 11) is 0. The number of carboxylic acids is 2. The molecule has 0 saturated carbocycles. The first-order valence-electron chi connectivity index (χ1n) is 5.93. The van der Waals surface area contributed by atoms with Gasteiger partial charge in [0.05, 0.1) is 5.41 Å². The molecular weight excluding hydrogens is 270 g/mol. The van der Waals surface area contributed by atoms with E-state index in [-0.39, 0.29) is 13.1 Å². The molecule has 0 spiro atoms. The molecule has 1 unspecified atom stereocenters. The lowest BCUT2D eigenvalue weighted by Gasteiger charge is -2.26. The molecule has 0 aliphatic carbocycles. The molecule has 1 aliphatic heterocycles. The second kappa shape index (κ2) is 5.76. The molecule has 0 bridgehead atoms. The molecule has 0 aromatic heterocycles. The van der Waals surface area contributed by atoms with Gasteiger partial charge in [-0.05, 0) is 13.3 Å². The van der Waals surface area contributed by atoms with Crippen molar-refractivity contribution in [2.24, 2.45) is 11.1 Å². The third-order valence-electron chi connectivity index (χ3n) is 3.26. The Labute approximate surface area is 114 Å². The van der Waals surface area contributed by atoms with Crippen LogP contribution in [0.5, 0.6) is 0 Å². The van der Waals surface area contributed by atoms with Gasteiger partial charge in [-0.15, -0.1) is 0 Å². The SMILES string of the molecule is CC1(C(N)=O)CCN(C(=O)N(CC(=O)O)CC(=O)O)C1. The molecule has 0 radical (unpaired) electrons. The minimum Gasteiger partial charge on any atom is -0.480 e. The molecule has 0 aromatic rings. The van der Waals surface area contributed by atoms with Gasteiger partial charge < -0.3 is 25.7 Å². The second-order valence-corrected chi connectivity index (χ2v) is 5.02. The van der Waals surface area contributed by atoms with Crippen molar-refractivity contribution in [2.75, 3.05) is 26.2 Å². The summed E-state index contributed by atoms with van der Waals surface area (Å²) in [6.45, 7) is 0.468. The van der Waals surface area contributed by atoms with E-state index in [0.29, 0.717) is 11.3 Å². The summed E-state index contributed by atoms with van der Waals surface area (Å²) in [6, 6.07) is -0.722. The minimum absolute atomic E-state index is 0.0525. The van der Waals surface area contributed by atoms with Gasteiger partial charge >= 0.3 is 18.0 Å². The monoisotopic (exact) mass is 287 g/mol. The molecule has 1 rings (SSSR count). The summed E-state index contributed by atoms with van der Waals surface area (Å²) in [4.78, 5) is 46.7. The van der Waals surface area contributed by atoms with E-state index in [1.807, 2.05) is 0 Å². The number of carbonyl (C=O) groups is 4. The molecule has 9 heteroatoms. The van der Waals surface area contributed by atoms with E-state index >= 15 is 0 Å². The van der Waals surface area contributed by atoms with E-state index in [1.54, 1.807) is 6.92 Å². The van der Waals surface area contributed by atoms with Crippen molar-refractivity contribution in [3.63, 3.8) is 0 Å². The van der Waals surface area contributed by atoms with Crippen molar-refractivity contribution in [3.05, 3.63) is 0 Å². The molecule has 1 aliphatic rings. The molecular formula is C11H17N3O6. The predicted molar refractivity (Wildman–Crippen MR) is 65.7 cm³/mol. The van der Waals surface area contributed by atoms with Gasteiger partial charge in [0.2, 0.25) is 5.91 Å². The summed E-state index contributed by atoms with van der Waals surface area (Å²) in [5.74, 6) is -3.16. The van der Waals surface area contributed by atoms with Crippen LogP contribution in [0.4, 0.5) is 4.79 Å². The lowest BCUT2D eigenvalue weighted by molar-refractivity contribution is -0.140. The van der Waals surface area contributed by atoms with Crippen LogP contribution in [0.2, 0.25) is 0 Å². The summed E-state index contributed by atoms with van der Waals surface area (Å²) >= 11 is 0. The first kappa shape index (κ1) is 15.7. The zero-order valence-electron chi connectivity index (χ0n) is 11.0. The maximum absolute atomic E-state index is 12.1. The quantitative estimate of drug-likeness (QED) is 0.578. The van der Waals surface area contributed by atoms with Gasteiger partial charge in [0.15, 0.2) is 0 Å². The van der Waals surface area contributed by atoms with Crippen LogP contribution in [-0.4, -0.2) is 70.1 Å². The number of carboxylic acid groups (broad SMARTS) is 2. The summed E-state index contributed by atoms with van der Waals surface area (Å²) in [6.07, 6.45) is 0.363. The van der Waals surface area contributed by atoms with Crippen LogP contribution in [0, 0.1) is 5.41 Å². The Morgan fingerprint density at radius 3 is 2.05 bits per heavy atom. The summed E-state index contributed by atoms with van der Waals surface area (Å²) in [5, 5.41) is 17.4. The van der Waals surface area contributed by atoms with Gasteiger partial charge in [-0.25, -0.2) is 4.79 Å². The molecule has 1 atom stereocenters. The van der Waals surface area contributed by atoms with Crippen molar-refractivity contribution in [3.8, 4) is 0 Å². The maximum Gasteiger partial charge on any atom is 0.323 e. The minimum atomic E-state index is -1.31. The van der Waals surface area contributed by atoms with Crippen LogP contribution >= 0.6 is 0 Å². The maximum atomic E-state index is 12.1. The van der Waals surface area contributed by atoms with Crippen LogP contribution in [-0.2, 0) is 14.4 Å². The number of hydrogen-bond acceptors (Lipinski definition) is 4. The third kappa shape index (κ3) is 3.59. The molecule has 20 heavy (non-hydrogen) atoms. The topological polar surface area (TPSA) is 141 Å². The lowest BCUT2D eigenvalue weighted by atomic mass is 9.89. The first-order valence-corrected chi connectivity index (χ1v) is 5.93. The van der Waals surface area contributed by atoms with Crippen molar-refractivity contribution in [2.45, 2.75) is 13.3 Å². The Kier molecular flexibility index (Phi) is 4.53. The van der Waals surface area contributed by atoms with Crippen LogP contribution in [0.15, 0.2) is 0 Å². The number of rotatable bonds is 5. The van der Waals surface area contributed by atoms with Crippen LogP contribution in [0.25, 0.3) is 0 Å². The Morgan fingerprint density at radius 2 is 1.70 bits per heavy atom. The van der Waals surface area contributed by atoms with Gasteiger partial charge in [0.1, 0.15) is 13.1 Å². The van der Waals surface area contributed by atoms with Gasteiger partial charge in [0, 0.05) is 13.1 Å². The Balaban J connectivity index is 2.78. The number of nitrogens with zero attached hydrogens (tertiary/aromatic N) is 2.